The first-order chi connectivity index (χ1) is 10.1. The highest BCUT2D eigenvalue weighted by Gasteiger charge is 2.07. The molecule has 110 valence electrons. The van der Waals surface area contributed by atoms with E-state index >= 15 is 0 Å². The van der Waals surface area contributed by atoms with Crippen LogP contribution in [0.25, 0.3) is 5.65 Å². The van der Waals surface area contributed by atoms with Crippen LogP contribution in [-0.2, 0) is 6.42 Å². The Bertz CT molecular complexity index is 747. The number of nitrogens with one attached hydrogen (secondary N) is 2. The molecule has 0 aliphatic rings. The highest BCUT2D eigenvalue weighted by molar-refractivity contribution is 9.10. The van der Waals surface area contributed by atoms with Crippen molar-refractivity contribution in [2.75, 3.05) is 11.9 Å². The van der Waals surface area contributed by atoms with Gasteiger partial charge in [0.25, 0.3) is 0 Å². The van der Waals surface area contributed by atoms with E-state index in [1.54, 1.807) is 4.52 Å². The summed E-state index contributed by atoms with van der Waals surface area (Å²) in [5.74, 6) is 2.81. The van der Waals surface area contributed by atoms with Crippen molar-refractivity contribution in [3.8, 4) is 0 Å². The maximum atomic E-state index is 4.44. The van der Waals surface area contributed by atoms with Crippen LogP contribution in [0, 0.1) is 0 Å². The quantitative estimate of drug-likeness (QED) is 0.727. The van der Waals surface area contributed by atoms with E-state index in [9.17, 15) is 0 Å². The smallest absolute Gasteiger partial charge is 0.221 e. The van der Waals surface area contributed by atoms with E-state index in [1.807, 2.05) is 12.1 Å². The van der Waals surface area contributed by atoms with Crippen LogP contribution in [0.4, 0.5) is 5.82 Å². The second-order valence-corrected chi connectivity index (χ2v) is 5.64. The minimum absolute atomic E-state index is 0.332. The van der Waals surface area contributed by atoms with E-state index in [0.717, 1.165) is 23.9 Å². The van der Waals surface area contributed by atoms with E-state index in [0.29, 0.717) is 22.8 Å². The summed E-state index contributed by atoms with van der Waals surface area (Å²) in [5.41, 5.74) is 0.698. The molecule has 0 bridgehead atoms. The van der Waals surface area contributed by atoms with E-state index in [4.69, 9.17) is 0 Å². The molecular weight excluding hydrogens is 336 g/mol. The monoisotopic (exact) mass is 350 g/mol. The first kappa shape index (κ1) is 13.9. The van der Waals surface area contributed by atoms with Gasteiger partial charge < -0.3 is 5.32 Å². The van der Waals surface area contributed by atoms with Crippen molar-refractivity contribution in [2.45, 2.75) is 26.2 Å². The van der Waals surface area contributed by atoms with Gasteiger partial charge in [-0.05, 0) is 28.1 Å². The van der Waals surface area contributed by atoms with Crippen LogP contribution in [-0.4, -0.2) is 41.5 Å². The zero-order chi connectivity index (χ0) is 14.8. The molecule has 3 aromatic heterocycles. The molecule has 0 unspecified atom stereocenters. The minimum atomic E-state index is 0.332. The summed E-state index contributed by atoms with van der Waals surface area (Å²) in [6, 6.07) is 3.73. The molecule has 0 radical (unpaired) electrons. The van der Waals surface area contributed by atoms with Crippen molar-refractivity contribution in [1.29, 1.82) is 0 Å². The molecule has 0 aliphatic heterocycles. The lowest BCUT2D eigenvalue weighted by atomic mass is 10.2. The van der Waals surface area contributed by atoms with Crippen LogP contribution in [0.3, 0.4) is 0 Å². The Balaban J connectivity index is 1.62. The predicted molar refractivity (Wildman–Crippen MR) is 81.1 cm³/mol. The van der Waals surface area contributed by atoms with E-state index in [-0.39, 0.29) is 0 Å². The molecule has 0 aromatic carbocycles. The lowest BCUT2D eigenvalue weighted by Gasteiger charge is -2.04. The molecule has 2 N–H and O–H groups in total. The van der Waals surface area contributed by atoms with Gasteiger partial charge in [0, 0.05) is 18.9 Å². The number of H-pyrrole nitrogens is 1. The molecule has 0 spiro atoms. The fraction of sp³-hybridized carbons (Fsp3) is 0.417. The SMILES string of the molecule is CC(C)c1n[nH]c(CCNc2ccc3nnc(Br)n3n2)n1. The van der Waals surface area contributed by atoms with Crippen molar-refractivity contribution >= 4 is 27.4 Å². The molecule has 0 atom stereocenters. The predicted octanol–water partition coefficient (Wildman–Crippen LogP) is 1.78. The van der Waals surface area contributed by atoms with Crippen LogP contribution >= 0.6 is 15.9 Å². The lowest BCUT2D eigenvalue weighted by Crippen LogP contribution is -2.09. The molecule has 21 heavy (non-hydrogen) atoms. The van der Waals surface area contributed by atoms with Gasteiger partial charge in [0.2, 0.25) is 4.73 Å². The molecule has 0 fully saturated rings. The Kier molecular flexibility index (Phi) is 3.82. The molecule has 3 heterocycles. The molecule has 9 heteroatoms. The van der Waals surface area contributed by atoms with Gasteiger partial charge in [-0.2, -0.15) is 9.61 Å². The third-order valence-electron chi connectivity index (χ3n) is 2.96. The second-order valence-electron chi connectivity index (χ2n) is 4.93. The Hall–Kier alpha value is -2.03. The molecule has 0 saturated carbocycles. The fourth-order valence-corrected chi connectivity index (χ4v) is 2.19. The van der Waals surface area contributed by atoms with Crippen molar-refractivity contribution in [2.24, 2.45) is 0 Å². The van der Waals surface area contributed by atoms with Crippen LogP contribution in [0.5, 0.6) is 0 Å². The summed E-state index contributed by atoms with van der Waals surface area (Å²) in [6.45, 7) is 4.85. The lowest BCUT2D eigenvalue weighted by molar-refractivity contribution is 0.780. The van der Waals surface area contributed by atoms with Gasteiger partial charge in [-0.25, -0.2) is 4.98 Å². The zero-order valence-electron chi connectivity index (χ0n) is 11.7. The van der Waals surface area contributed by atoms with Gasteiger partial charge in [0.1, 0.15) is 11.6 Å². The van der Waals surface area contributed by atoms with Gasteiger partial charge >= 0.3 is 0 Å². The summed E-state index contributed by atoms with van der Waals surface area (Å²) in [4.78, 5) is 4.44. The van der Waals surface area contributed by atoms with Crippen molar-refractivity contribution in [3.05, 3.63) is 28.5 Å². The number of halogens is 1. The number of nitrogens with zero attached hydrogens (tertiary/aromatic N) is 6. The first-order valence-corrected chi connectivity index (χ1v) is 7.46. The number of anilines is 1. The Labute approximate surface area is 129 Å². The Morgan fingerprint density at radius 3 is 2.95 bits per heavy atom. The van der Waals surface area contributed by atoms with Crippen molar-refractivity contribution in [3.63, 3.8) is 0 Å². The van der Waals surface area contributed by atoms with Gasteiger partial charge in [-0.1, -0.05) is 13.8 Å². The van der Waals surface area contributed by atoms with Gasteiger partial charge in [0.15, 0.2) is 11.5 Å². The summed E-state index contributed by atoms with van der Waals surface area (Å²) in [5, 5.41) is 22.6. The summed E-state index contributed by atoms with van der Waals surface area (Å²) in [6.07, 6.45) is 0.753. The zero-order valence-corrected chi connectivity index (χ0v) is 13.3. The first-order valence-electron chi connectivity index (χ1n) is 6.66. The third kappa shape index (κ3) is 3.02. The van der Waals surface area contributed by atoms with Crippen molar-refractivity contribution < 1.29 is 0 Å². The Morgan fingerprint density at radius 1 is 1.33 bits per heavy atom. The second kappa shape index (κ2) is 5.76. The van der Waals surface area contributed by atoms with Gasteiger partial charge in [-0.15, -0.1) is 15.3 Å². The summed E-state index contributed by atoms with van der Waals surface area (Å²) < 4.78 is 2.21. The Morgan fingerprint density at radius 2 is 2.19 bits per heavy atom. The number of aromatic amines is 1. The third-order valence-corrected chi connectivity index (χ3v) is 3.45. The average molecular weight is 351 g/mol. The number of hydrogen-bond donors (Lipinski definition) is 2. The maximum Gasteiger partial charge on any atom is 0.221 e. The summed E-state index contributed by atoms with van der Waals surface area (Å²) >= 11 is 3.30. The molecule has 0 saturated heterocycles. The molecule has 3 aromatic rings. The van der Waals surface area contributed by atoms with E-state index in [2.05, 4.69) is 65.6 Å². The molecule has 8 nitrogen and oxygen atoms in total. The van der Waals surface area contributed by atoms with Gasteiger partial charge in [0.05, 0.1) is 0 Å². The number of fused-ring (bicyclic) bond motifs is 1. The fourth-order valence-electron chi connectivity index (χ4n) is 1.85. The van der Waals surface area contributed by atoms with Crippen LogP contribution in [0.2, 0.25) is 0 Å². The summed E-state index contributed by atoms with van der Waals surface area (Å²) in [7, 11) is 0. The van der Waals surface area contributed by atoms with E-state index < -0.39 is 0 Å². The highest BCUT2D eigenvalue weighted by atomic mass is 79.9. The highest BCUT2D eigenvalue weighted by Crippen LogP contribution is 2.11. The van der Waals surface area contributed by atoms with Crippen LogP contribution in [0.1, 0.15) is 31.4 Å². The molecular formula is C12H15BrN8. The van der Waals surface area contributed by atoms with Gasteiger partial charge in [-0.3, -0.25) is 5.10 Å². The maximum absolute atomic E-state index is 4.44. The molecule has 0 amide bonds. The number of rotatable bonds is 5. The largest absolute Gasteiger partial charge is 0.368 e. The standard InChI is InChI=1S/C12H15BrN8/c1-7(2)11-15-9(16-18-11)5-6-14-8-3-4-10-17-19-12(13)21(10)20-8/h3-4,7H,5-6H2,1-2H3,(H,14,20)(H,15,16,18). The number of hydrogen-bond acceptors (Lipinski definition) is 6. The molecule has 0 aliphatic carbocycles. The minimum Gasteiger partial charge on any atom is -0.368 e. The normalized spacial score (nSPS) is 11.4. The topological polar surface area (TPSA) is 96.7 Å². The van der Waals surface area contributed by atoms with E-state index in [1.165, 1.54) is 0 Å². The number of aromatic nitrogens is 7. The van der Waals surface area contributed by atoms with Crippen LogP contribution < -0.4 is 5.32 Å². The van der Waals surface area contributed by atoms with Crippen molar-refractivity contribution in [1.82, 2.24) is 35.0 Å². The average Bonchev–Trinajstić information content (AvgIpc) is 3.07. The van der Waals surface area contributed by atoms with Crippen LogP contribution in [0.15, 0.2) is 16.9 Å². The molecule has 3 rings (SSSR count).